The van der Waals surface area contributed by atoms with Gasteiger partial charge in [0.1, 0.15) is 5.82 Å². The molecule has 1 aromatic heterocycles. The number of hydrogen-bond donors (Lipinski definition) is 1. The number of aromatic nitrogens is 2. The van der Waals surface area contributed by atoms with Crippen molar-refractivity contribution in [3.63, 3.8) is 0 Å². The van der Waals surface area contributed by atoms with Crippen molar-refractivity contribution in [2.24, 2.45) is 0 Å². The maximum absolute atomic E-state index is 11.2. The predicted molar refractivity (Wildman–Crippen MR) is 64.9 cm³/mol. The zero-order valence-electron chi connectivity index (χ0n) is 9.35. The summed E-state index contributed by atoms with van der Waals surface area (Å²) in [6.45, 7) is 2.34. The lowest BCUT2D eigenvalue weighted by molar-refractivity contribution is 0.671. The third kappa shape index (κ3) is 2.76. The smallest absolute Gasteiger partial charge is 0.147 e. The van der Waals surface area contributed by atoms with Gasteiger partial charge in [-0.1, -0.05) is 0 Å². The Bertz CT molecular complexity index is 375. The molecule has 0 saturated carbocycles. The van der Waals surface area contributed by atoms with Gasteiger partial charge < -0.3 is 10.2 Å². The molecule has 88 valence electrons. The first kappa shape index (κ1) is 11.5. The van der Waals surface area contributed by atoms with E-state index < -0.39 is 10.8 Å². The monoisotopic (exact) mass is 240 g/mol. The molecule has 0 aliphatic carbocycles. The summed E-state index contributed by atoms with van der Waals surface area (Å²) in [5.74, 6) is 2.36. The average Bonchev–Trinajstić information content (AvgIpc) is 2.31. The molecule has 0 spiro atoms. The quantitative estimate of drug-likeness (QED) is 0.790. The van der Waals surface area contributed by atoms with Crippen LogP contribution in [0.15, 0.2) is 12.4 Å². The normalized spacial score (nSPS) is 17.7. The van der Waals surface area contributed by atoms with Crippen LogP contribution < -0.4 is 10.2 Å². The van der Waals surface area contributed by atoms with Crippen molar-refractivity contribution in [2.75, 3.05) is 36.5 Å². The molecule has 1 saturated heterocycles. The number of anilines is 1. The van der Waals surface area contributed by atoms with Crippen LogP contribution in [0.1, 0.15) is 5.69 Å². The van der Waals surface area contributed by atoms with Crippen molar-refractivity contribution in [2.45, 2.75) is 6.54 Å². The molecule has 1 fully saturated rings. The molecule has 5 nitrogen and oxygen atoms in total. The second-order valence-corrected chi connectivity index (χ2v) is 5.43. The number of hydrogen-bond acceptors (Lipinski definition) is 5. The number of nitrogens with zero attached hydrogens (tertiary/aromatic N) is 3. The average molecular weight is 240 g/mol. The van der Waals surface area contributed by atoms with E-state index >= 15 is 0 Å². The van der Waals surface area contributed by atoms with Gasteiger partial charge in [-0.05, 0) is 7.05 Å². The van der Waals surface area contributed by atoms with Gasteiger partial charge >= 0.3 is 0 Å². The van der Waals surface area contributed by atoms with Crippen LogP contribution in [-0.4, -0.2) is 45.8 Å². The lowest BCUT2D eigenvalue weighted by atomic mass is 10.4. The summed E-state index contributed by atoms with van der Waals surface area (Å²) in [6, 6.07) is 0. The summed E-state index contributed by atoms with van der Waals surface area (Å²) in [6.07, 6.45) is 3.54. The third-order valence-electron chi connectivity index (χ3n) is 2.53. The van der Waals surface area contributed by atoms with Crippen molar-refractivity contribution >= 4 is 16.6 Å². The molecule has 1 aliphatic rings. The van der Waals surface area contributed by atoms with E-state index in [2.05, 4.69) is 20.2 Å². The van der Waals surface area contributed by atoms with E-state index in [4.69, 9.17) is 0 Å². The van der Waals surface area contributed by atoms with Crippen molar-refractivity contribution in [1.82, 2.24) is 15.3 Å². The van der Waals surface area contributed by atoms with Gasteiger partial charge in [-0.15, -0.1) is 0 Å². The van der Waals surface area contributed by atoms with E-state index in [0.717, 1.165) is 42.7 Å². The minimum Gasteiger partial charge on any atom is -0.353 e. The van der Waals surface area contributed by atoms with Crippen LogP contribution in [0.4, 0.5) is 5.82 Å². The Kier molecular flexibility index (Phi) is 3.84. The highest BCUT2D eigenvalue weighted by atomic mass is 32.2. The molecular formula is C10H16N4OS. The maximum atomic E-state index is 11.2. The van der Waals surface area contributed by atoms with Crippen LogP contribution in [-0.2, 0) is 17.3 Å². The fraction of sp³-hybridized carbons (Fsp3) is 0.600. The van der Waals surface area contributed by atoms with Crippen LogP contribution in [0.25, 0.3) is 0 Å². The van der Waals surface area contributed by atoms with E-state index in [1.165, 1.54) is 0 Å². The van der Waals surface area contributed by atoms with Crippen molar-refractivity contribution in [3.05, 3.63) is 18.1 Å². The highest BCUT2D eigenvalue weighted by Crippen LogP contribution is 2.12. The molecule has 0 atom stereocenters. The highest BCUT2D eigenvalue weighted by molar-refractivity contribution is 7.85. The van der Waals surface area contributed by atoms with Gasteiger partial charge in [0, 0.05) is 48.1 Å². The summed E-state index contributed by atoms with van der Waals surface area (Å²) >= 11 is 0. The summed E-state index contributed by atoms with van der Waals surface area (Å²) in [5, 5.41) is 3.05. The SMILES string of the molecule is CNCc1cncc(N2CCS(=O)CC2)n1. The lowest BCUT2D eigenvalue weighted by Gasteiger charge is -2.27. The molecule has 1 aromatic rings. The molecule has 0 amide bonds. The first-order valence-corrected chi connectivity index (χ1v) is 6.84. The van der Waals surface area contributed by atoms with Crippen molar-refractivity contribution in [1.29, 1.82) is 0 Å². The first-order chi connectivity index (χ1) is 7.79. The summed E-state index contributed by atoms with van der Waals surface area (Å²) < 4.78 is 11.2. The van der Waals surface area contributed by atoms with E-state index in [9.17, 15) is 4.21 Å². The van der Waals surface area contributed by atoms with Gasteiger partial charge in [-0.3, -0.25) is 9.19 Å². The Morgan fingerprint density at radius 1 is 1.44 bits per heavy atom. The Morgan fingerprint density at radius 3 is 2.88 bits per heavy atom. The van der Waals surface area contributed by atoms with Gasteiger partial charge in [0.2, 0.25) is 0 Å². The van der Waals surface area contributed by atoms with Gasteiger partial charge in [0.25, 0.3) is 0 Å². The molecule has 0 unspecified atom stereocenters. The lowest BCUT2D eigenvalue weighted by Crippen LogP contribution is -2.38. The van der Waals surface area contributed by atoms with Gasteiger partial charge in [-0.2, -0.15) is 0 Å². The third-order valence-corrected chi connectivity index (χ3v) is 3.81. The molecule has 0 aromatic carbocycles. The summed E-state index contributed by atoms with van der Waals surface area (Å²) in [7, 11) is 1.24. The second kappa shape index (κ2) is 5.36. The maximum Gasteiger partial charge on any atom is 0.147 e. The van der Waals surface area contributed by atoms with Gasteiger partial charge in [0.05, 0.1) is 11.9 Å². The molecular weight excluding hydrogens is 224 g/mol. The number of nitrogens with one attached hydrogen (secondary N) is 1. The molecule has 2 heterocycles. The van der Waals surface area contributed by atoms with E-state index in [0.29, 0.717) is 0 Å². The number of rotatable bonds is 3. The Balaban J connectivity index is 2.08. The minimum atomic E-state index is -0.646. The van der Waals surface area contributed by atoms with Crippen molar-refractivity contribution in [3.8, 4) is 0 Å². The fourth-order valence-electron chi connectivity index (χ4n) is 1.68. The molecule has 16 heavy (non-hydrogen) atoms. The molecule has 1 aliphatic heterocycles. The topological polar surface area (TPSA) is 58.1 Å². The zero-order valence-corrected chi connectivity index (χ0v) is 10.2. The molecule has 6 heteroatoms. The van der Waals surface area contributed by atoms with Gasteiger partial charge in [-0.25, -0.2) is 4.98 Å². The predicted octanol–water partition coefficient (Wildman–Crippen LogP) is -0.235. The highest BCUT2D eigenvalue weighted by Gasteiger charge is 2.16. The minimum absolute atomic E-state index is 0.646. The Labute approximate surface area is 97.7 Å². The molecule has 0 radical (unpaired) electrons. The summed E-state index contributed by atoms with van der Waals surface area (Å²) in [5.41, 5.74) is 0.937. The van der Waals surface area contributed by atoms with Crippen LogP contribution in [0.3, 0.4) is 0 Å². The Hall–Kier alpha value is -1.01. The van der Waals surface area contributed by atoms with E-state index in [1.807, 2.05) is 7.05 Å². The van der Waals surface area contributed by atoms with Crippen LogP contribution >= 0.6 is 0 Å². The standard InChI is InChI=1S/C10H16N4OS/c1-11-6-9-7-12-8-10(13-9)14-2-4-16(15)5-3-14/h7-8,11H,2-6H2,1H3. The van der Waals surface area contributed by atoms with E-state index in [1.54, 1.807) is 12.4 Å². The van der Waals surface area contributed by atoms with E-state index in [-0.39, 0.29) is 0 Å². The Morgan fingerprint density at radius 2 is 2.19 bits per heavy atom. The second-order valence-electron chi connectivity index (χ2n) is 3.73. The molecule has 0 bridgehead atoms. The summed E-state index contributed by atoms with van der Waals surface area (Å²) in [4.78, 5) is 10.8. The molecule has 1 N–H and O–H groups in total. The van der Waals surface area contributed by atoms with Crippen LogP contribution in [0.2, 0.25) is 0 Å². The zero-order chi connectivity index (χ0) is 11.4. The van der Waals surface area contributed by atoms with Crippen molar-refractivity contribution < 1.29 is 4.21 Å². The molecule has 2 rings (SSSR count). The van der Waals surface area contributed by atoms with Crippen LogP contribution in [0.5, 0.6) is 0 Å². The largest absolute Gasteiger partial charge is 0.353 e. The van der Waals surface area contributed by atoms with Crippen LogP contribution in [0, 0.1) is 0 Å². The fourth-order valence-corrected chi connectivity index (χ4v) is 2.73. The van der Waals surface area contributed by atoms with Gasteiger partial charge in [0.15, 0.2) is 0 Å². The first-order valence-electron chi connectivity index (χ1n) is 5.35.